The van der Waals surface area contributed by atoms with Gasteiger partial charge in [0.15, 0.2) is 0 Å². The highest BCUT2D eigenvalue weighted by Crippen LogP contribution is 2.30. The van der Waals surface area contributed by atoms with Crippen molar-refractivity contribution in [2.24, 2.45) is 0 Å². The first kappa shape index (κ1) is 14.0. The van der Waals surface area contributed by atoms with Crippen molar-refractivity contribution in [3.05, 3.63) is 59.7 Å². The zero-order valence-corrected chi connectivity index (χ0v) is 10.8. The Kier molecular flexibility index (Phi) is 3.98. The molecule has 0 amide bonds. The summed E-state index contributed by atoms with van der Waals surface area (Å²) in [4.78, 5) is 12.7. The molecular weight excluding hydrogens is 264 g/mol. The number of halogens is 2. The summed E-state index contributed by atoms with van der Waals surface area (Å²) in [6.45, 7) is 2.12. The van der Waals surface area contributed by atoms with Crippen LogP contribution in [0, 0.1) is 11.6 Å². The predicted molar refractivity (Wildman–Crippen MR) is 72.4 cm³/mol. The average molecular weight is 277 g/mol. The fraction of sp³-hybridized carbons (Fsp3) is 0.133. The fourth-order valence-corrected chi connectivity index (χ4v) is 2.06. The van der Waals surface area contributed by atoms with Gasteiger partial charge in [0, 0.05) is 6.54 Å². The van der Waals surface area contributed by atoms with Crippen molar-refractivity contribution < 1.29 is 18.7 Å². The molecule has 0 unspecified atom stereocenters. The van der Waals surface area contributed by atoms with E-state index in [1.54, 1.807) is 25.1 Å². The van der Waals surface area contributed by atoms with Crippen LogP contribution in [0.25, 0.3) is 0 Å². The van der Waals surface area contributed by atoms with Gasteiger partial charge in [0.25, 0.3) is 0 Å². The van der Waals surface area contributed by atoms with Gasteiger partial charge in [0.2, 0.25) is 0 Å². The van der Waals surface area contributed by atoms with Gasteiger partial charge in [-0.15, -0.1) is 0 Å². The van der Waals surface area contributed by atoms with Crippen LogP contribution in [0.1, 0.15) is 17.3 Å². The molecule has 2 aromatic rings. The summed E-state index contributed by atoms with van der Waals surface area (Å²) >= 11 is 0. The second-order valence-corrected chi connectivity index (χ2v) is 4.16. The van der Waals surface area contributed by atoms with Crippen molar-refractivity contribution in [1.82, 2.24) is 0 Å². The van der Waals surface area contributed by atoms with Gasteiger partial charge >= 0.3 is 5.97 Å². The Bertz CT molecular complexity index is 644. The number of carbonyl (C=O) groups is 1. The van der Waals surface area contributed by atoms with E-state index in [1.165, 1.54) is 17.0 Å². The molecule has 0 fully saturated rings. The van der Waals surface area contributed by atoms with Crippen molar-refractivity contribution in [2.75, 3.05) is 11.4 Å². The molecule has 0 heterocycles. The average Bonchev–Trinajstić information content (AvgIpc) is 2.42. The van der Waals surface area contributed by atoms with E-state index < -0.39 is 17.6 Å². The summed E-state index contributed by atoms with van der Waals surface area (Å²) in [5.74, 6) is -2.36. The van der Waals surface area contributed by atoms with Crippen molar-refractivity contribution in [3.8, 4) is 0 Å². The number of para-hydroxylation sites is 1. The molecule has 0 aliphatic rings. The van der Waals surface area contributed by atoms with E-state index in [0.717, 1.165) is 12.1 Å². The van der Waals surface area contributed by atoms with Crippen LogP contribution in [0.5, 0.6) is 0 Å². The van der Waals surface area contributed by atoms with Crippen LogP contribution in [-0.4, -0.2) is 17.6 Å². The molecule has 0 aromatic heterocycles. The van der Waals surface area contributed by atoms with Crippen LogP contribution in [0.2, 0.25) is 0 Å². The standard InChI is InChI=1S/C15H13F2NO2/c1-2-18(14-6-4-3-5-12(14)17)13-8-7-10(16)9-11(13)15(19)20/h3-9H,2H2,1H3,(H,19,20). The van der Waals surface area contributed by atoms with E-state index in [4.69, 9.17) is 5.11 Å². The Balaban J connectivity index is 2.58. The maximum Gasteiger partial charge on any atom is 0.337 e. The van der Waals surface area contributed by atoms with Gasteiger partial charge < -0.3 is 10.0 Å². The lowest BCUT2D eigenvalue weighted by molar-refractivity contribution is 0.0697. The number of carboxylic acid groups (broad SMARTS) is 1. The SMILES string of the molecule is CCN(c1ccccc1F)c1ccc(F)cc1C(=O)O. The second-order valence-electron chi connectivity index (χ2n) is 4.16. The summed E-state index contributed by atoms with van der Waals surface area (Å²) in [5, 5.41) is 9.16. The number of carboxylic acids is 1. The number of anilines is 2. The van der Waals surface area contributed by atoms with E-state index in [9.17, 15) is 13.6 Å². The number of hydrogen-bond acceptors (Lipinski definition) is 2. The molecule has 0 atom stereocenters. The third-order valence-corrected chi connectivity index (χ3v) is 2.94. The molecule has 0 aliphatic carbocycles. The lowest BCUT2D eigenvalue weighted by atomic mass is 10.1. The van der Waals surface area contributed by atoms with E-state index in [1.807, 2.05) is 0 Å². The van der Waals surface area contributed by atoms with Gasteiger partial charge in [-0.05, 0) is 37.3 Å². The fourth-order valence-electron chi connectivity index (χ4n) is 2.06. The van der Waals surface area contributed by atoms with Gasteiger partial charge in [-0.3, -0.25) is 0 Å². The lowest BCUT2D eigenvalue weighted by Gasteiger charge is -2.25. The van der Waals surface area contributed by atoms with Crippen LogP contribution < -0.4 is 4.90 Å². The molecule has 0 spiro atoms. The summed E-state index contributed by atoms with van der Waals surface area (Å²) in [6, 6.07) is 9.48. The molecule has 104 valence electrons. The maximum absolute atomic E-state index is 13.9. The molecule has 0 aliphatic heterocycles. The molecule has 0 radical (unpaired) electrons. The number of rotatable bonds is 4. The van der Waals surface area contributed by atoms with E-state index >= 15 is 0 Å². The van der Waals surface area contributed by atoms with Crippen molar-refractivity contribution in [1.29, 1.82) is 0 Å². The first-order valence-electron chi connectivity index (χ1n) is 6.09. The molecule has 0 saturated carbocycles. The normalized spacial score (nSPS) is 10.3. The van der Waals surface area contributed by atoms with Gasteiger partial charge in [-0.25, -0.2) is 13.6 Å². The predicted octanol–water partition coefficient (Wildman–Crippen LogP) is 3.82. The largest absolute Gasteiger partial charge is 0.478 e. The Hall–Kier alpha value is -2.43. The lowest BCUT2D eigenvalue weighted by Crippen LogP contribution is -2.20. The molecule has 3 nitrogen and oxygen atoms in total. The zero-order chi connectivity index (χ0) is 14.7. The van der Waals surface area contributed by atoms with Gasteiger partial charge in [-0.2, -0.15) is 0 Å². The number of nitrogens with zero attached hydrogens (tertiary/aromatic N) is 1. The van der Waals surface area contributed by atoms with Crippen LogP contribution in [0.15, 0.2) is 42.5 Å². The van der Waals surface area contributed by atoms with E-state index in [-0.39, 0.29) is 16.9 Å². The maximum atomic E-state index is 13.9. The van der Waals surface area contributed by atoms with E-state index in [2.05, 4.69) is 0 Å². The Morgan fingerprint density at radius 2 is 1.85 bits per heavy atom. The van der Waals surface area contributed by atoms with Crippen molar-refractivity contribution in [3.63, 3.8) is 0 Å². The van der Waals surface area contributed by atoms with Crippen molar-refractivity contribution in [2.45, 2.75) is 6.92 Å². The third-order valence-electron chi connectivity index (χ3n) is 2.94. The Labute approximate surface area is 115 Å². The summed E-state index contributed by atoms with van der Waals surface area (Å²) < 4.78 is 27.1. The minimum Gasteiger partial charge on any atom is -0.478 e. The van der Waals surface area contributed by atoms with Gasteiger partial charge in [-0.1, -0.05) is 12.1 Å². The molecule has 2 rings (SSSR count). The van der Waals surface area contributed by atoms with E-state index in [0.29, 0.717) is 6.54 Å². The summed E-state index contributed by atoms with van der Waals surface area (Å²) in [7, 11) is 0. The molecule has 2 aromatic carbocycles. The third kappa shape index (κ3) is 2.61. The quantitative estimate of drug-likeness (QED) is 0.923. The molecule has 5 heteroatoms. The molecule has 1 N–H and O–H groups in total. The number of aromatic carboxylic acids is 1. The topological polar surface area (TPSA) is 40.5 Å². The number of hydrogen-bond donors (Lipinski definition) is 1. The highest BCUT2D eigenvalue weighted by atomic mass is 19.1. The number of benzene rings is 2. The zero-order valence-electron chi connectivity index (χ0n) is 10.8. The molecule has 0 saturated heterocycles. The highest BCUT2D eigenvalue weighted by Gasteiger charge is 2.19. The minimum atomic E-state index is -1.26. The Morgan fingerprint density at radius 3 is 2.45 bits per heavy atom. The second kappa shape index (κ2) is 5.69. The van der Waals surface area contributed by atoms with Crippen LogP contribution in [0.3, 0.4) is 0 Å². The van der Waals surface area contributed by atoms with Crippen LogP contribution in [0.4, 0.5) is 20.2 Å². The highest BCUT2D eigenvalue weighted by molar-refractivity contribution is 5.95. The Morgan fingerprint density at radius 1 is 1.15 bits per heavy atom. The van der Waals surface area contributed by atoms with Crippen LogP contribution in [-0.2, 0) is 0 Å². The minimum absolute atomic E-state index is 0.199. The summed E-state index contributed by atoms with van der Waals surface area (Å²) in [6.07, 6.45) is 0. The summed E-state index contributed by atoms with van der Waals surface area (Å²) in [5.41, 5.74) is 0.311. The first-order valence-corrected chi connectivity index (χ1v) is 6.09. The first-order chi connectivity index (χ1) is 9.54. The molecule has 20 heavy (non-hydrogen) atoms. The van der Waals surface area contributed by atoms with Gasteiger partial charge in [0.05, 0.1) is 16.9 Å². The van der Waals surface area contributed by atoms with Crippen molar-refractivity contribution >= 4 is 17.3 Å². The molecular formula is C15H13F2NO2. The van der Waals surface area contributed by atoms with Crippen LogP contribution >= 0.6 is 0 Å². The molecule has 0 bridgehead atoms. The monoisotopic (exact) mass is 277 g/mol. The van der Waals surface area contributed by atoms with Gasteiger partial charge in [0.1, 0.15) is 11.6 Å². The smallest absolute Gasteiger partial charge is 0.337 e.